The molecule has 0 spiro atoms. The summed E-state index contributed by atoms with van der Waals surface area (Å²) in [7, 11) is 3.96. The molecule has 100 valence electrons. The molecule has 2 N–H and O–H groups in total. The SMILES string of the molecule is CN(C)c1cc(NCCN2CCNCC2)ncn1. The molecule has 0 aliphatic carbocycles. The summed E-state index contributed by atoms with van der Waals surface area (Å²) in [6.45, 7) is 6.44. The second-order valence-electron chi connectivity index (χ2n) is 4.67. The van der Waals surface area contributed by atoms with Crippen molar-refractivity contribution in [1.29, 1.82) is 0 Å². The Morgan fingerprint density at radius 1 is 1.33 bits per heavy atom. The van der Waals surface area contributed by atoms with Gasteiger partial charge in [0, 0.05) is 59.4 Å². The standard InChI is InChI=1S/C12H22N6/c1-17(2)12-9-11(15-10-16-12)14-5-8-18-6-3-13-4-7-18/h9-10,13H,3-8H2,1-2H3,(H,14,15,16). The van der Waals surface area contributed by atoms with Crippen molar-refractivity contribution in [3.8, 4) is 0 Å². The molecular weight excluding hydrogens is 228 g/mol. The van der Waals surface area contributed by atoms with E-state index in [1.54, 1.807) is 6.33 Å². The molecule has 1 aromatic heterocycles. The van der Waals surface area contributed by atoms with Gasteiger partial charge in [-0.15, -0.1) is 0 Å². The van der Waals surface area contributed by atoms with Crippen LogP contribution in [0.25, 0.3) is 0 Å². The van der Waals surface area contributed by atoms with E-state index in [0.717, 1.165) is 50.9 Å². The van der Waals surface area contributed by atoms with Gasteiger partial charge >= 0.3 is 0 Å². The molecule has 1 aromatic rings. The molecule has 0 amide bonds. The predicted octanol–water partition coefficient (Wildman–Crippen LogP) is -0.140. The minimum atomic E-state index is 0.892. The zero-order chi connectivity index (χ0) is 12.8. The highest BCUT2D eigenvalue weighted by molar-refractivity contribution is 5.47. The Labute approximate surface area is 108 Å². The van der Waals surface area contributed by atoms with E-state index in [0.29, 0.717) is 0 Å². The smallest absolute Gasteiger partial charge is 0.133 e. The average Bonchev–Trinajstić information content (AvgIpc) is 2.40. The van der Waals surface area contributed by atoms with Crippen LogP contribution in [0.5, 0.6) is 0 Å². The van der Waals surface area contributed by atoms with Crippen LogP contribution in [0.15, 0.2) is 12.4 Å². The molecule has 1 fully saturated rings. The van der Waals surface area contributed by atoms with Crippen LogP contribution in [0.1, 0.15) is 0 Å². The van der Waals surface area contributed by atoms with Gasteiger partial charge in [-0.2, -0.15) is 0 Å². The zero-order valence-corrected chi connectivity index (χ0v) is 11.2. The summed E-state index contributed by atoms with van der Waals surface area (Å²) in [5, 5.41) is 6.70. The van der Waals surface area contributed by atoms with Gasteiger partial charge < -0.3 is 15.5 Å². The Balaban J connectivity index is 1.77. The fourth-order valence-corrected chi connectivity index (χ4v) is 1.97. The molecule has 0 radical (unpaired) electrons. The third kappa shape index (κ3) is 3.82. The molecule has 0 aromatic carbocycles. The Hall–Kier alpha value is -1.40. The van der Waals surface area contributed by atoms with Crippen LogP contribution < -0.4 is 15.5 Å². The lowest BCUT2D eigenvalue weighted by atomic mass is 10.3. The topological polar surface area (TPSA) is 56.3 Å². The second kappa shape index (κ2) is 6.51. The number of rotatable bonds is 5. The normalized spacial score (nSPS) is 16.6. The molecule has 0 bridgehead atoms. The predicted molar refractivity (Wildman–Crippen MR) is 74.2 cm³/mol. The van der Waals surface area contributed by atoms with Crippen LogP contribution >= 0.6 is 0 Å². The van der Waals surface area contributed by atoms with E-state index in [2.05, 4.69) is 25.5 Å². The summed E-state index contributed by atoms with van der Waals surface area (Å²) in [5.41, 5.74) is 0. The molecule has 0 unspecified atom stereocenters. The van der Waals surface area contributed by atoms with Crippen LogP contribution in [0.3, 0.4) is 0 Å². The highest BCUT2D eigenvalue weighted by Gasteiger charge is 2.08. The molecule has 6 heteroatoms. The van der Waals surface area contributed by atoms with Crippen LogP contribution in [-0.2, 0) is 0 Å². The molecule has 0 saturated carbocycles. The molecule has 2 heterocycles. The van der Waals surface area contributed by atoms with Gasteiger partial charge in [0.15, 0.2) is 0 Å². The summed E-state index contributed by atoms with van der Waals surface area (Å²) >= 11 is 0. The minimum Gasteiger partial charge on any atom is -0.369 e. The molecule has 0 atom stereocenters. The van der Waals surface area contributed by atoms with Crippen molar-refractivity contribution in [3.63, 3.8) is 0 Å². The summed E-state index contributed by atoms with van der Waals surface area (Å²) in [4.78, 5) is 12.8. The Kier molecular flexibility index (Phi) is 4.72. The first-order valence-corrected chi connectivity index (χ1v) is 6.42. The summed E-state index contributed by atoms with van der Waals surface area (Å²) in [6.07, 6.45) is 1.60. The van der Waals surface area contributed by atoms with Crippen LogP contribution in [-0.4, -0.2) is 68.2 Å². The maximum absolute atomic E-state index is 4.22. The first kappa shape index (κ1) is 13.0. The molecule has 6 nitrogen and oxygen atoms in total. The van der Waals surface area contributed by atoms with E-state index in [1.165, 1.54) is 0 Å². The van der Waals surface area contributed by atoms with Gasteiger partial charge in [0.2, 0.25) is 0 Å². The van der Waals surface area contributed by atoms with Crippen LogP contribution in [0.4, 0.5) is 11.6 Å². The molecular formula is C12H22N6. The van der Waals surface area contributed by atoms with Gasteiger partial charge in [0.1, 0.15) is 18.0 Å². The maximum Gasteiger partial charge on any atom is 0.133 e. The lowest BCUT2D eigenvalue weighted by Crippen LogP contribution is -2.45. The summed E-state index contributed by atoms with van der Waals surface area (Å²) < 4.78 is 0. The van der Waals surface area contributed by atoms with Gasteiger partial charge in [-0.05, 0) is 0 Å². The molecule has 1 aliphatic heterocycles. The number of anilines is 2. The number of hydrogen-bond acceptors (Lipinski definition) is 6. The number of nitrogens with one attached hydrogen (secondary N) is 2. The van der Waals surface area contributed by atoms with Gasteiger partial charge in [-0.25, -0.2) is 9.97 Å². The fourth-order valence-electron chi connectivity index (χ4n) is 1.97. The van der Waals surface area contributed by atoms with Gasteiger partial charge in [0.05, 0.1) is 0 Å². The van der Waals surface area contributed by atoms with E-state index in [-0.39, 0.29) is 0 Å². The number of aromatic nitrogens is 2. The second-order valence-corrected chi connectivity index (χ2v) is 4.67. The van der Waals surface area contributed by atoms with Crippen molar-refractivity contribution in [2.45, 2.75) is 0 Å². The average molecular weight is 250 g/mol. The zero-order valence-electron chi connectivity index (χ0n) is 11.2. The Morgan fingerprint density at radius 2 is 2.11 bits per heavy atom. The highest BCUT2D eigenvalue weighted by Crippen LogP contribution is 2.10. The van der Waals surface area contributed by atoms with Crippen LogP contribution in [0.2, 0.25) is 0 Å². The lowest BCUT2D eigenvalue weighted by Gasteiger charge is -2.27. The minimum absolute atomic E-state index is 0.892. The van der Waals surface area contributed by atoms with Gasteiger partial charge in [0.25, 0.3) is 0 Å². The van der Waals surface area contributed by atoms with E-state index < -0.39 is 0 Å². The Bertz CT molecular complexity index is 361. The van der Waals surface area contributed by atoms with Gasteiger partial charge in [-0.1, -0.05) is 0 Å². The third-order valence-electron chi connectivity index (χ3n) is 3.05. The fraction of sp³-hybridized carbons (Fsp3) is 0.667. The molecule has 1 aliphatic rings. The van der Waals surface area contributed by atoms with Crippen LogP contribution in [0, 0.1) is 0 Å². The monoisotopic (exact) mass is 250 g/mol. The van der Waals surface area contributed by atoms with E-state index in [9.17, 15) is 0 Å². The van der Waals surface area contributed by atoms with Crippen molar-refractivity contribution in [3.05, 3.63) is 12.4 Å². The van der Waals surface area contributed by atoms with Crippen molar-refractivity contribution < 1.29 is 0 Å². The summed E-state index contributed by atoms with van der Waals surface area (Å²) in [5.74, 6) is 1.82. The lowest BCUT2D eigenvalue weighted by molar-refractivity contribution is 0.249. The largest absolute Gasteiger partial charge is 0.369 e. The van der Waals surface area contributed by atoms with Crippen molar-refractivity contribution in [2.75, 3.05) is 63.6 Å². The quantitative estimate of drug-likeness (QED) is 0.758. The number of hydrogen-bond donors (Lipinski definition) is 2. The molecule has 2 rings (SSSR count). The number of piperazine rings is 1. The van der Waals surface area contributed by atoms with Crippen molar-refractivity contribution in [1.82, 2.24) is 20.2 Å². The first-order valence-electron chi connectivity index (χ1n) is 6.42. The maximum atomic E-state index is 4.22. The van der Waals surface area contributed by atoms with E-state index in [4.69, 9.17) is 0 Å². The van der Waals surface area contributed by atoms with Gasteiger partial charge in [-0.3, -0.25) is 4.90 Å². The Morgan fingerprint density at radius 3 is 2.83 bits per heavy atom. The third-order valence-corrected chi connectivity index (χ3v) is 3.05. The van der Waals surface area contributed by atoms with Crippen molar-refractivity contribution in [2.24, 2.45) is 0 Å². The van der Waals surface area contributed by atoms with Crippen molar-refractivity contribution >= 4 is 11.6 Å². The summed E-state index contributed by atoms with van der Waals surface area (Å²) in [6, 6.07) is 1.97. The molecule has 18 heavy (non-hydrogen) atoms. The van der Waals surface area contributed by atoms with E-state index in [1.807, 2.05) is 25.1 Å². The first-order chi connectivity index (χ1) is 8.75. The molecule has 1 saturated heterocycles. The number of nitrogens with zero attached hydrogens (tertiary/aromatic N) is 4. The van der Waals surface area contributed by atoms with E-state index >= 15 is 0 Å². The highest BCUT2D eigenvalue weighted by atomic mass is 15.2.